The van der Waals surface area contributed by atoms with Crippen LogP contribution >= 0.6 is 0 Å². The van der Waals surface area contributed by atoms with Gasteiger partial charge in [0.25, 0.3) is 6.54 Å². The molecular weight excluding hydrogens is 242 g/mol. The van der Waals surface area contributed by atoms with E-state index in [0.717, 1.165) is 65.3 Å². The average molecular weight is 265 g/mol. The maximum absolute atomic E-state index is 11.7. The van der Waals surface area contributed by atoms with Crippen molar-refractivity contribution in [3.05, 3.63) is 11.4 Å². The van der Waals surface area contributed by atoms with Gasteiger partial charge in [0.05, 0.1) is 13.2 Å². The van der Waals surface area contributed by atoms with Crippen molar-refractivity contribution >= 4 is 5.78 Å². The summed E-state index contributed by atoms with van der Waals surface area (Å²) in [6.07, 6.45) is 1.86. The number of carbonyl (C=O) groups excluding carboxylic acids is 1. The maximum atomic E-state index is 11.7. The maximum Gasteiger partial charge on any atom is 0.272 e. The summed E-state index contributed by atoms with van der Waals surface area (Å²) in [6.45, 7) is 14.8. The highest BCUT2D eigenvalue weighted by atomic mass is 16.5. The number of ketones is 1. The number of ether oxygens (including phenoxy) is 1. The number of likely N-dealkylation sites (tertiary alicyclic amines) is 1. The van der Waals surface area contributed by atoms with Gasteiger partial charge in [-0.25, -0.2) is 6.57 Å². The summed E-state index contributed by atoms with van der Waals surface area (Å²) in [6, 6.07) is 0. The van der Waals surface area contributed by atoms with Crippen molar-refractivity contribution in [2.24, 2.45) is 5.92 Å². The van der Waals surface area contributed by atoms with Crippen molar-refractivity contribution in [1.82, 2.24) is 9.80 Å². The van der Waals surface area contributed by atoms with Crippen LogP contribution in [0.4, 0.5) is 0 Å². The van der Waals surface area contributed by atoms with Crippen LogP contribution in [0.5, 0.6) is 0 Å². The molecule has 0 radical (unpaired) electrons. The lowest BCUT2D eigenvalue weighted by atomic mass is 9.92. The highest BCUT2D eigenvalue weighted by Crippen LogP contribution is 2.18. The zero-order valence-electron chi connectivity index (χ0n) is 11.5. The molecule has 19 heavy (non-hydrogen) atoms. The van der Waals surface area contributed by atoms with Crippen LogP contribution in [0.1, 0.15) is 12.8 Å². The topological polar surface area (TPSA) is 37.1 Å². The van der Waals surface area contributed by atoms with Gasteiger partial charge in [0.15, 0.2) is 0 Å². The van der Waals surface area contributed by atoms with Gasteiger partial charge < -0.3 is 14.5 Å². The second-order valence-corrected chi connectivity index (χ2v) is 5.35. The third-order valence-electron chi connectivity index (χ3n) is 4.11. The molecule has 2 aliphatic heterocycles. The van der Waals surface area contributed by atoms with Gasteiger partial charge in [-0.05, 0) is 25.9 Å². The first-order valence-electron chi connectivity index (χ1n) is 7.18. The van der Waals surface area contributed by atoms with Crippen LogP contribution in [0.15, 0.2) is 0 Å². The van der Waals surface area contributed by atoms with Gasteiger partial charge in [-0.3, -0.25) is 9.69 Å². The Labute approximate surface area is 115 Å². The van der Waals surface area contributed by atoms with E-state index < -0.39 is 0 Å². The van der Waals surface area contributed by atoms with E-state index in [0.29, 0.717) is 0 Å². The average Bonchev–Trinajstić information content (AvgIpc) is 2.47. The Hall–Kier alpha value is -0.960. The van der Waals surface area contributed by atoms with Crippen molar-refractivity contribution in [3.8, 4) is 0 Å². The van der Waals surface area contributed by atoms with Crippen LogP contribution in [0, 0.1) is 12.5 Å². The molecule has 2 saturated heterocycles. The zero-order valence-corrected chi connectivity index (χ0v) is 11.5. The van der Waals surface area contributed by atoms with Crippen LogP contribution in [-0.4, -0.2) is 74.6 Å². The molecule has 5 nitrogen and oxygen atoms in total. The number of hydrogen-bond donors (Lipinski definition) is 0. The Kier molecular flexibility index (Phi) is 5.77. The Morgan fingerprint density at radius 1 is 1.11 bits per heavy atom. The molecule has 2 fully saturated rings. The highest BCUT2D eigenvalue weighted by molar-refractivity contribution is 5.84. The molecule has 0 aromatic heterocycles. The van der Waals surface area contributed by atoms with Crippen LogP contribution < -0.4 is 0 Å². The van der Waals surface area contributed by atoms with Crippen LogP contribution in [0.3, 0.4) is 0 Å². The number of rotatable bonds is 5. The largest absolute Gasteiger partial charge is 0.379 e. The fourth-order valence-corrected chi connectivity index (χ4v) is 2.79. The number of hydrogen-bond acceptors (Lipinski definition) is 4. The lowest BCUT2D eigenvalue weighted by molar-refractivity contribution is -0.122. The predicted octanol–water partition coefficient (Wildman–Crippen LogP) is 0.519. The number of nitrogens with zero attached hydrogens (tertiary/aromatic N) is 3. The van der Waals surface area contributed by atoms with Crippen LogP contribution in [0.2, 0.25) is 0 Å². The van der Waals surface area contributed by atoms with Crippen LogP contribution in [-0.2, 0) is 9.53 Å². The molecule has 2 aliphatic rings. The molecule has 2 rings (SSSR count). The second-order valence-electron chi connectivity index (χ2n) is 5.35. The first-order valence-corrected chi connectivity index (χ1v) is 7.18. The summed E-state index contributed by atoms with van der Waals surface area (Å²) in [5, 5.41) is 0. The number of Topliss-reactive ketones (excluding diaryl/α,β-unsaturated/α-hetero) is 1. The molecular formula is C14H23N3O2. The first-order chi connectivity index (χ1) is 9.29. The summed E-state index contributed by atoms with van der Waals surface area (Å²) < 4.78 is 5.34. The van der Waals surface area contributed by atoms with Crippen molar-refractivity contribution in [2.75, 3.05) is 59.0 Å². The first kappa shape index (κ1) is 14.4. The summed E-state index contributed by atoms with van der Waals surface area (Å²) in [4.78, 5) is 19.7. The molecule has 0 unspecified atom stereocenters. The highest BCUT2D eigenvalue weighted by Gasteiger charge is 2.26. The van der Waals surface area contributed by atoms with E-state index in [1.165, 1.54) is 0 Å². The van der Waals surface area contributed by atoms with Gasteiger partial charge in [-0.15, -0.1) is 0 Å². The van der Waals surface area contributed by atoms with Gasteiger partial charge in [0, 0.05) is 32.1 Å². The molecule has 2 heterocycles. The summed E-state index contributed by atoms with van der Waals surface area (Å²) >= 11 is 0. The van der Waals surface area contributed by atoms with E-state index in [-0.39, 0.29) is 18.2 Å². The Bertz CT molecular complexity index is 326. The van der Waals surface area contributed by atoms with Gasteiger partial charge in [0.1, 0.15) is 0 Å². The summed E-state index contributed by atoms with van der Waals surface area (Å²) in [7, 11) is 0. The van der Waals surface area contributed by atoms with Gasteiger partial charge >= 0.3 is 0 Å². The van der Waals surface area contributed by atoms with Crippen molar-refractivity contribution in [2.45, 2.75) is 12.8 Å². The van der Waals surface area contributed by atoms with E-state index >= 15 is 0 Å². The molecule has 0 N–H and O–H groups in total. The molecule has 0 amide bonds. The van der Waals surface area contributed by atoms with Gasteiger partial charge in [-0.1, -0.05) is 0 Å². The second kappa shape index (κ2) is 7.59. The molecule has 0 aromatic rings. The molecule has 0 aliphatic carbocycles. The van der Waals surface area contributed by atoms with E-state index in [9.17, 15) is 4.79 Å². The van der Waals surface area contributed by atoms with E-state index in [2.05, 4.69) is 14.6 Å². The minimum Gasteiger partial charge on any atom is -0.379 e. The summed E-state index contributed by atoms with van der Waals surface area (Å²) in [5.41, 5.74) is 0. The number of piperidine rings is 1. The molecule has 5 heteroatoms. The fourth-order valence-electron chi connectivity index (χ4n) is 2.79. The molecule has 0 atom stereocenters. The van der Waals surface area contributed by atoms with E-state index in [1.807, 2.05) is 0 Å². The summed E-state index contributed by atoms with van der Waals surface area (Å²) in [5.74, 6) is 0.275. The molecule has 0 spiro atoms. The van der Waals surface area contributed by atoms with Crippen molar-refractivity contribution in [1.29, 1.82) is 0 Å². The minimum atomic E-state index is 0.0679. The Morgan fingerprint density at radius 3 is 2.26 bits per heavy atom. The van der Waals surface area contributed by atoms with Crippen molar-refractivity contribution < 1.29 is 9.53 Å². The number of carbonyl (C=O) groups is 1. The smallest absolute Gasteiger partial charge is 0.272 e. The lowest BCUT2D eigenvalue weighted by Gasteiger charge is -2.33. The van der Waals surface area contributed by atoms with Crippen LogP contribution in [0.25, 0.3) is 4.85 Å². The lowest BCUT2D eigenvalue weighted by Crippen LogP contribution is -2.44. The normalized spacial score (nSPS) is 23.1. The standard InChI is InChI=1S/C14H23N3O2/c1-15-12-14(18)13-2-4-16(5-3-13)6-7-17-8-10-19-11-9-17/h13H,2-12H2. The van der Waals surface area contributed by atoms with E-state index in [1.54, 1.807) is 0 Å². The predicted molar refractivity (Wildman–Crippen MR) is 72.9 cm³/mol. The third kappa shape index (κ3) is 4.57. The Balaban J connectivity index is 1.63. The quantitative estimate of drug-likeness (QED) is 0.679. The van der Waals surface area contributed by atoms with E-state index in [4.69, 9.17) is 11.3 Å². The number of morpholine rings is 1. The third-order valence-corrected chi connectivity index (χ3v) is 4.11. The SMILES string of the molecule is [C-]#[N+]CC(=O)C1CCN(CCN2CCOCC2)CC1. The fraction of sp³-hybridized carbons (Fsp3) is 0.857. The Morgan fingerprint density at radius 2 is 1.68 bits per heavy atom. The zero-order chi connectivity index (χ0) is 13.5. The monoisotopic (exact) mass is 265 g/mol. The van der Waals surface area contributed by atoms with Gasteiger partial charge in [-0.2, -0.15) is 0 Å². The minimum absolute atomic E-state index is 0.0679. The van der Waals surface area contributed by atoms with Crippen molar-refractivity contribution in [3.63, 3.8) is 0 Å². The molecule has 0 bridgehead atoms. The molecule has 0 aromatic carbocycles. The molecule has 0 saturated carbocycles. The van der Waals surface area contributed by atoms with Gasteiger partial charge in [0.2, 0.25) is 5.78 Å². The molecule has 106 valence electrons.